The molecule has 0 fully saturated rings. The van der Waals surface area contributed by atoms with Gasteiger partial charge in [-0.3, -0.25) is 0 Å². The van der Waals surface area contributed by atoms with Crippen LogP contribution in [0.4, 0.5) is 0 Å². The summed E-state index contributed by atoms with van der Waals surface area (Å²) in [4.78, 5) is 4.89. The first-order chi connectivity index (χ1) is 11.9. The zero-order valence-corrected chi connectivity index (χ0v) is 13.6. The highest BCUT2D eigenvalue weighted by Gasteiger charge is 2.10. The van der Waals surface area contributed by atoms with Crippen LogP contribution in [0.5, 0.6) is 0 Å². The van der Waals surface area contributed by atoms with Gasteiger partial charge in [-0.2, -0.15) is 0 Å². The predicted octanol–water partition coefficient (Wildman–Crippen LogP) is 4.87. The van der Waals surface area contributed by atoms with Gasteiger partial charge < -0.3 is 4.57 Å². The van der Waals surface area contributed by atoms with Crippen LogP contribution >= 0.6 is 0 Å². The quantitative estimate of drug-likeness (QED) is 0.514. The number of rotatable bonds is 5. The van der Waals surface area contributed by atoms with Crippen LogP contribution in [0.25, 0.3) is 11.0 Å². The van der Waals surface area contributed by atoms with Crippen molar-refractivity contribution >= 4 is 11.0 Å². The minimum absolute atomic E-state index is 0.867. The third-order valence-corrected chi connectivity index (χ3v) is 4.40. The van der Waals surface area contributed by atoms with E-state index in [0.29, 0.717) is 0 Å². The number of aromatic nitrogens is 2. The van der Waals surface area contributed by atoms with Gasteiger partial charge in [0.25, 0.3) is 0 Å². The zero-order chi connectivity index (χ0) is 16.2. The molecule has 0 amide bonds. The summed E-state index contributed by atoms with van der Waals surface area (Å²) in [5.41, 5.74) is 4.96. The van der Waals surface area contributed by atoms with Crippen molar-refractivity contribution in [1.82, 2.24) is 9.55 Å². The molecule has 0 unspecified atom stereocenters. The number of aryl methyl sites for hydroxylation is 2. The van der Waals surface area contributed by atoms with Gasteiger partial charge in [-0.05, 0) is 29.7 Å². The van der Waals surface area contributed by atoms with E-state index in [-0.39, 0.29) is 0 Å². The highest BCUT2D eigenvalue weighted by Crippen LogP contribution is 2.19. The Morgan fingerprint density at radius 1 is 0.625 bits per heavy atom. The maximum Gasteiger partial charge on any atom is 0.110 e. The summed E-state index contributed by atoms with van der Waals surface area (Å²) in [6, 6.07) is 29.6. The fourth-order valence-electron chi connectivity index (χ4n) is 3.16. The Labute approximate surface area is 142 Å². The molecule has 0 aliphatic rings. The number of benzene rings is 3. The molecule has 0 saturated heterocycles. The van der Waals surface area contributed by atoms with Crippen molar-refractivity contribution in [2.45, 2.75) is 19.4 Å². The average molecular weight is 312 g/mol. The third kappa shape index (κ3) is 3.09. The van der Waals surface area contributed by atoms with Crippen LogP contribution in [-0.4, -0.2) is 9.55 Å². The second kappa shape index (κ2) is 6.71. The van der Waals surface area contributed by atoms with E-state index in [0.717, 1.165) is 30.7 Å². The Balaban J connectivity index is 1.67. The van der Waals surface area contributed by atoms with Crippen LogP contribution in [0.2, 0.25) is 0 Å². The molecule has 4 aromatic rings. The fourth-order valence-corrected chi connectivity index (χ4v) is 3.16. The van der Waals surface area contributed by atoms with Crippen LogP contribution in [0, 0.1) is 0 Å². The Bertz CT molecular complexity index is 924. The van der Waals surface area contributed by atoms with Gasteiger partial charge in [0.1, 0.15) is 5.82 Å². The number of hydrogen-bond donors (Lipinski definition) is 0. The molecule has 0 atom stereocenters. The molecule has 0 bridgehead atoms. The predicted molar refractivity (Wildman–Crippen MR) is 99.1 cm³/mol. The Kier molecular flexibility index (Phi) is 4.11. The van der Waals surface area contributed by atoms with E-state index >= 15 is 0 Å². The van der Waals surface area contributed by atoms with Gasteiger partial charge in [0.05, 0.1) is 11.0 Å². The lowest BCUT2D eigenvalue weighted by molar-refractivity contribution is 0.730. The number of fused-ring (bicyclic) bond motifs is 1. The molecular weight excluding hydrogens is 292 g/mol. The average Bonchev–Trinajstić information content (AvgIpc) is 2.99. The van der Waals surface area contributed by atoms with Gasteiger partial charge in [-0.15, -0.1) is 0 Å². The Hall–Kier alpha value is -2.87. The lowest BCUT2D eigenvalue weighted by Gasteiger charge is -2.09. The molecule has 118 valence electrons. The van der Waals surface area contributed by atoms with Crippen LogP contribution in [0.3, 0.4) is 0 Å². The first kappa shape index (κ1) is 14.7. The lowest BCUT2D eigenvalue weighted by atomic mass is 10.1. The summed E-state index contributed by atoms with van der Waals surface area (Å²) >= 11 is 0. The topological polar surface area (TPSA) is 17.8 Å². The molecule has 2 heteroatoms. The molecule has 2 nitrogen and oxygen atoms in total. The molecule has 4 rings (SSSR count). The summed E-state index contributed by atoms with van der Waals surface area (Å²) in [6.45, 7) is 0.867. The van der Waals surface area contributed by atoms with Gasteiger partial charge in [0.2, 0.25) is 0 Å². The highest BCUT2D eigenvalue weighted by molar-refractivity contribution is 5.76. The van der Waals surface area contributed by atoms with Crippen molar-refractivity contribution in [2.24, 2.45) is 0 Å². The van der Waals surface area contributed by atoms with Gasteiger partial charge in [0.15, 0.2) is 0 Å². The van der Waals surface area contributed by atoms with E-state index in [9.17, 15) is 0 Å². The van der Waals surface area contributed by atoms with Gasteiger partial charge >= 0.3 is 0 Å². The number of nitrogens with zero attached hydrogens (tertiary/aromatic N) is 2. The van der Waals surface area contributed by atoms with Gasteiger partial charge in [0, 0.05) is 13.0 Å². The van der Waals surface area contributed by atoms with Gasteiger partial charge in [-0.25, -0.2) is 4.98 Å². The second-order valence-corrected chi connectivity index (χ2v) is 6.07. The summed E-state index contributed by atoms with van der Waals surface area (Å²) in [6.07, 6.45) is 1.96. The standard InChI is InChI=1S/C22H20N2/c1-3-9-18(10-4-1)15-16-22-23-20-13-7-8-14-21(20)24(22)17-19-11-5-2-6-12-19/h1-14H,15-17H2. The maximum atomic E-state index is 4.89. The van der Waals surface area contributed by atoms with Crippen LogP contribution < -0.4 is 0 Å². The number of imidazole rings is 1. The number of hydrogen-bond acceptors (Lipinski definition) is 1. The van der Waals surface area contributed by atoms with E-state index in [1.54, 1.807) is 0 Å². The molecule has 0 N–H and O–H groups in total. The van der Waals surface area contributed by atoms with Crippen molar-refractivity contribution in [3.63, 3.8) is 0 Å². The molecule has 0 radical (unpaired) electrons. The lowest BCUT2D eigenvalue weighted by Crippen LogP contribution is -2.06. The monoisotopic (exact) mass is 312 g/mol. The molecule has 0 aliphatic heterocycles. The van der Waals surface area contributed by atoms with E-state index in [4.69, 9.17) is 4.98 Å². The zero-order valence-electron chi connectivity index (χ0n) is 13.6. The minimum atomic E-state index is 0.867. The van der Waals surface area contributed by atoms with E-state index in [1.165, 1.54) is 16.6 Å². The van der Waals surface area contributed by atoms with Crippen molar-refractivity contribution in [1.29, 1.82) is 0 Å². The molecular formula is C22H20N2. The smallest absolute Gasteiger partial charge is 0.110 e. The first-order valence-electron chi connectivity index (χ1n) is 8.42. The number of para-hydroxylation sites is 2. The van der Waals surface area contributed by atoms with E-state index in [2.05, 4.69) is 89.5 Å². The molecule has 0 saturated carbocycles. The van der Waals surface area contributed by atoms with Crippen LogP contribution in [-0.2, 0) is 19.4 Å². The summed E-state index contributed by atoms with van der Waals surface area (Å²) in [7, 11) is 0. The largest absolute Gasteiger partial charge is 0.323 e. The maximum absolute atomic E-state index is 4.89. The molecule has 1 heterocycles. The Morgan fingerprint density at radius 3 is 2.00 bits per heavy atom. The van der Waals surface area contributed by atoms with Crippen molar-refractivity contribution in [3.05, 3.63) is 102 Å². The third-order valence-electron chi connectivity index (χ3n) is 4.40. The van der Waals surface area contributed by atoms with E-state index < -0.39 is 0 Å². The minimum Gasteiger partial charge on any atom is -0.323 e. The molecule has 0 spiro atoms. The summed E-state index contributed by atoms with van der Waals surface area (Å²) < 4.78 is 2.35. The van der Waals surface area contributed by atoms with Crippen molar-refractivity contribution < 1.29 is 0 Å². The SMILES string of the molecule is c1ccc(CCc2nc3ccccc3n2Cc2ccccc2)cc1. The first-order valence-corrected chi connectivity index (χ1v) is 8.42. The molecule has 24 heavy (non-hydrogen) atoms. The van der Waals surface area contributed by atoms with Crippen LogP contribution in [0.15, 0.2) is 84.9 Å². The van der Waals surface area contributed by atoms with Crippen LogP contribution in [0.1, 0.15) is 17.0 Å². The summed E-state index contributed by atoms with van der Waals surface area (Å²) in [5.74, 6) is 1.16. The molecule has 1 aromatic heterocycles. The molecule has 0 aliphatic carbocycles. The fraction of sp³-hybridized carbons (Fsp3) is 0.136. The normalized spacial score (nSPS) is 11.0. The van der Waals surface area contributed by atoms with Gasteiger partial charge in [-0.1, -0.05) is 72.8 Å². The highest BCUT2D eigenvalue weighted by atomic mass is 15.1. The van der Waals surface area contributed by atoms with Crippen molar-refractivity contribution in [2.75, 3.05) is 0 Å². The summed E-state index contributed by atoms with van der Waals surface area (Å²) in [5, 5.41) is 0. The second-order valence-electron chi connectivity index (χ2n) is 6.07. The van der Waals surface area contributed by atoms with Crippen molar-refractivity contribution in [3.8, 4) is 0 Å². The molecule has 3 aromatic carbocycles. The Morgan fingerprint density at radius 2 is 1.25 bits per heavy atom. The van der Waals surface area contributed by atoms with E-state index in [1.807, 2.05) is 0 Å².